The van der Waals surface area contributed by atoms with E-state index >= 15 is 0 Å². The van der Waals surface area contributed by atoms with Crippen molar-refractivity contribution in [1.29, 1.82) is 0 Å². The van der Waals surface area contributed by atoms with Gasteiger partial charge in [-0.05, 0) is 55.8 Å². The third-order valence-electron chi connectivity index (χ3n) is 4.79. The third-order valence-corrected chi connectivity index (χ3v) is 4.79. The van der Waals surface area contributed by atoms with E-state index in [1.807, 2.05) is 42.6 Å². The SMILES string of the molecule is O=C(Nc1ccc(-n2cccn2)cc1)[C@@H]1CCCCN1Cc1ccoc1. The number of likely N-dealkylation sites (tertiary alicyclic amines) is 1. The zero-order valence-corrected chi connectivity index (χ0v) is 14.5. The average Bonchev–Trinajstić information content (AvgIpc) is 3.37. The lowest BCUT2D eigenvalue weighted by atomic mass is 10.0. The molecule has 0 aliphatic carbocycles. The number of nitrogens with one attached hydrogen (secondary N) is 1. The van der Waals surface area contributed by atoms with E-state index < -0.39 is 0 Å². The number of aromatic nitrogens is 2. The average molecular weight is 350 g/mol. The van der Waals surface area contributed by atoms with Crippen molar-refractivity contribution < 1.29 is 9.21 Å². The van der Waals surface area contributed by atoms with Gasteiger partial charge in [0.25, 0.3) is 0 Å². The highest BCUT2D eigenvalue weighted by Gasteiger charge is 2.28. The lowest BCUT2D eigenvalue weighted by Crippen LogP contribution is -2.46. The number of carbonyl (C=O) groups is 1. The highest BCUT2D eigenvalue weighted by atomic mass is 16.3. The number of rotatable bonds is 5. The molecule has 1 saturated heterocycles. The molecule has 1 aliphatic heterocycles. The third kappa shape index (κ3) is 3.70. The lowest BCUT2D eigenvalue weighted by Gasteiger charge is -2.34. The second kappa shape index (κ2) is 7.58. The van der Waals surface area contributed by atoms with Crippen LogP contribution in [0.5, 0.6) is 0 Å². The van der Waals surface area contributed by atoms with E-state index in [4.69, 9.17) is 4.42 Å². The minimum atomic E-state index is -0.107. The molecule has 1 fully saturated rings. The molecule has 6 nitrogen and oxygen atoms in total. The van der Waals surface area contributed by atoms with Gasteiger partial charge in [-0.1, -0.05) is 6.42 Å². The number of furan rings is 1. The molecule has 0 saturated carbocycles. The monoisotopic (exact) mass is 350 g/mol. The lowest BCUT2D eigenvalue weighted by molar-refractivity contribution is -0.122. The first-order chi connectivity index (χ1) is 12.8. The first-order valence-corrected chi connectivity index (χ1v) is 8.96. The molecule has 0 bridgehead atoms. The number of hydrogen-bond acceptors (Lipinski definition) is 4. The van der Waals surface area contributed by atoms with Crippen molar-refractivity contribution in [1.82, 2.24) is 14.7 Å². The summed E-state index contributed by atoms with van der Waals surface area (Å²) in [6, 6.07) is 11.5. The summed E-state index contributed by atoms with van der Waals surface area (Å²) in [4.78, 5) is 15.1. The van der Waals surface area contributed by atoms with Crippen molar-refractivity contribution >= 4 is 11.6 Å². The van der Waals surface area contributed by atoms with Crippen molar-refractivity contribution in [3.8, 4) is 5.69 Å². The van der Waals surface area contributed by atoms with E-state index in [2.05, 4.69) is 15.3 Å². The Labute approximate surface area is 152 Å². The van der Waals surface area contributed by atoms with Gasteiger partial charge in [-0.3, -0.25) is 9.69 Å². The zero-order chi connectivity index (χ0) is 17.8. The van der Waals surface area contributed by atoms with Crippen LogP contribution < -0.4 is 5.32 Å². The van der Waals surface area contributed by atoms with Gasteiger partial charge in [-0.2, -0.15) is 5.10 Å². The molecule has 26 heavy (non-hydrogen) atoms. The van der Waals surface area contributed by atoms with Crippen molar-refractivity contribution in [3.05, 3.63) is 66.9 Å². The largest absolute Gasteiger partial charge is 0.472 e. The Morgan fingerprint density at radius 1 is 1.23 bits per heavy atom. The van der Waals surface area contributed by atoms with Crippen LogP contribution in [0, 0.1) is 0 Å². The normalized spacial score (nSPS) is 17.9. The molecule has 0 spiro atoms. The summed E-state index contributed by atoms with van der Waals surface area (Å²) in [6.07, 6.45) is 10.2. The van der Waals surface area contributed by atoms with E-state index in [1.165, 1.54) is 0 Å². The van der Waals surface area contributed by atoms with Gasteiger partial charge in [0.1, 0.15) is 0 Å². The zero-order valence-electron chi connectivity index (χ0n) is 14.5. The van der Waals surface area contributed by atoms with E-state index in [-0.39, 0.29) is 11.9 Å². The summed E-state index contributed by atoms with van der Waals surface area (Å²) in [5, 5.41) is 7.27. The summed E-state index contributed by atoms with van der Waals surface area (Å²) >= 11 is 0. The molecule has 3 heterocycles. The molecular weight excluding hydrogens is 328 g/mol. The van der Waals surface area contributed by atoms with E-state index in [0.717, 1.165) is 49.3 Å². The fourth-order valence-electron chi connectivity index (χ4n) is 3.44. The molecule has 2 aromatic heterocycles. The van der Waals surface area contributed by atoms with Gasteiger partial charge in [0.15, 0.2) is 0 Å². The number of hydrogen-bond donors (Lipinski definition) is 1. The Bertz CT molecular complexity index is 825. The molecule has 0 radical (unpaired) electrons. The number of amides is 1. The van der Waals surface area contributed by atoms with E-state index in [1.54, 1.807) is 23.4 Å². The van der Waals surface area contributed by atoms with Crippen LogP contribution in [-0.4, -0.2) is 33.2 Å². The first-order valence-electron chi connectivity index (χ1n) is 8.96. The summed E-state index contributed by atoms with van der Waals surface area (Å²) in [5.74, 6) is 0.0556. The summed E-state index contributed by atoms with van der Waals surface area (Å²) < 4.78 is 6.95. The van der Waals surface area contributed by atoms with Crippen LogP contribution in [0.25, 0.3) is 5.69 Å². The van der Waals surface area contributed by atoms with Gasteiger partial charge in [0.05, 0.1) is 24.3 Å². The van der Waals surface area contributed by atoms with Crippen LogP contribution in [0.4, 0.5) is 5.69 Å². The van der Waals surface area contributed by atoms with Crippen LogP contribution in [0.15, 0.2) is 65.7 Å². The number of benzene rings is 1. The maximum absolute atomic E-state index is 12.8. The highest BCUT2D eigenvalue weighted by Crippen LogP contribution is 2.22. The van der Waals surface area contributed by atoms with Crippen molar-refractivity contribution in [2.24, 2.45) is 0 Å². The predicted molar refractivity (Wildman–Crippen MR) is 99.0 cm³/mol. The topological polar surface area (TPSA) is 63.3 Å². The second-order valence-corrected chi connectivity index (χ2v) is 6.60. The fraction of sp³-hybridized carbons (Fsp3) is 0.300. The first kappa shape index (κ1) is 16.6. The molecule has 1 amide bonds. The Hall–Kier alpha value is -2.86. The van der Waals surface area contributed by atoms with Gasteiger partial charge in [0, 0.05) is 30.2 Å². The van der Waals surface area contributed by atoms with Gasteiger partial charge in [-0.25, -0.2) is 4.68 Å². The molecule has 1 aliphatic rings. The highest BCUT2D eigenvalue weighted by molar-refractivity contribution is 5.95. The Morgan fingerprint density at radius 2 is 2.12 bits per heavy atom. The molecule has 1 atom stereocenters. The summed E-state index contributed by atoms with van der Waals surface area (Å²) in [6.45, 7) is 1.67. The number of carbonyl (C=O) groups excluding carboxylic acids is 1. The molecule has 1 aromatic carbocycles. The molecule has 3 aromatic rings. The predicted octanol–water partition coefficient (Wildman–Crippen LogP) is 3.46. The molecule has 4 rings (SSSR count). The summed E-state index contributed by atoms with van der Waals surface area (Å²) in [5.41, 5.74) is 2.88. The van der Waals surface area contributed by atoms with Crippen LogP contribution in [0.1, 0.15) is 24.8 Å². The van der Waals surface area contributed by atoms with E-state index in [9.17, 15) is 4.79 Å². The van der Waals surface area contributed by atoms with Gasteiger partial charge >= 0.3 is 0 Å². The number of nitrogens with zero attached hydrogens (tertiary/aromatic N) is 3. The van der Waals surface area contributed by atoms with Gasteiger partial charge in [-0.15, -0.1) is 0 Å². The Balaban J connectivity index is 1.42. The standard InChI is InChI=1S/C20H22N4O2/c25-20(19-4-1-2-11-23(19)14-16-9-13-26-15-16)22-17-5-7-18(8-6-17)24-12-3-10-21-24/h3,5-10,12-13,15,19H,1-2,4,11,14H2,(H,22,25)/t19-/m0/s1. The van der Waals surface area contributed by atoms with Crippen LogP contribution in [0.3, 0.4) is 0 Å². The van der Waals surface area contributed by atoms with Crippen molar-refractivity contribution in [3.63, 3.8) is 0 Å². The minimum absolute atomic E-state index is 0.0556. The number of piperidine rings is 1. The Morgan fingerprint density at radius 3 is 2.85 bits per heavy atom. The smallest absolute Gasteiger partial charge is 0.241 e. The maximum atomic E-state index is 12.8. The molecule has 134 valence electrons. The number of anilines is 1. The fourth-order valence-corrected chi connectivity index (χ4v) is 3.44. The molecule has 6 heteroatoms. The van der Waals surface area contributed by atoms with Crippen LogP contribution in [-0.2, 0) is 11.3 Å². The van der Waals surface area contributed by atoms with Crippen molar-refractivity contribution in [2.75, 3.05) is 11.9 Å². The van der Waals surface area contributed by atoms with E-state index in [0.29, 0.717) is 0 Å². The Kier molecular flexibility index (Phi) is 4.84. The van der Waals surface area contributed by atoms with Crippen LogP contribution in [0.2, 0.25) is 0 Å². The van der Waals surface area contributed by atoms with Gasteiger partial charge < -0.3 is 9.73 Å². The molecule has 1 N–H and O–H groups in total. The van der Waals surface area contributed by atoms with Crippen molar-refractivity contribution in [2.45, 2.75) is 31.8 Å². The summed E-state index contributed by atoms with van der Waals surface area (Å²) in [7, 11) is 0. The van der Waals surface area contributed by atoms with Crippen LogP contribution >= 0.6 is 0 Å². The molecular formula is C20H22N4O2. The minimum Gasteiger partial charge on any atom is -0.472 e. The van der Waals surface area contributed by atoms with Gasteiger partial charge in [0.2, 0.25) is 5.91 Å². The molecule has 0 unspecified atom stereocenters. The second-order valence-electron chi connectivity index (χ2n) is 6.60. The maximum Gasteiger partial charge on any atom is 0.241 e. The quantitative estimate of drug-likeness (QED) is 0.765.